The third kappa shape index (κ3) is 3.60. The lowest BCUT2D eigenvalue weighted by Gasteiger charge is -2.08. The molecule has 3 nitrogen and oxygen atoms in total. The number of hydrogen-bond acceptors (Lipinski definition) is 2. The largest absolute Gasteiger partial charge is 0.496 e. The number of halogens is 1. The van der Waals surface area contributed by atoms with Gasteiger partial charge in [0, 0.05) is 12.1 Å². The van der Waals surface area contributed by atoms with Crippen LogP contribution in [0.2, 0.25) is 0 Å². The first-order chi connectivity index (χ1) is 13.2. The number of rotatable bonds is 5. The second-order valence-electron chi connectivity index (χ2n) is 6.25. The van der Waals surface area contributed by atoms with Crippen molar-refractivity contribution in [3.05, 3.63) is 95.6 Å². The fourth-order valence-corrected chi connectivity index (χ4v) is 3.13. The summed E-state index contributed by atoms with van der Waals surface area (Å²) in [5, 5.41) is 0. The monoisotopic (exact) mass is 358 g/mol. The van der Waals surface area contributed by atoms with E-state index < -0.39 is 0 Å². The molecule has 0 N–H and O–H groups in total. The van der Waals surface area contributed by atoms with Gasteiger partial charge in [-0.1, -0.05) is 42.5 Å². The third-order valence-corrected chi connectivity index (χ3v) is 4.49. The van der Waals surface area contributed by atoms with E-state index in [1.54, 1.807) is 19.2 Å². The third-order valence-electron chi connectivity index (χ3n) is 4.49. The molecule has 0 fully saturated rings. The average Bonchev–Trinajstić information content (AvgIpc) is 3.06. The molecule has 4 heteroatoms. The van der Waals surface area contributed by atoms with E-state index in [2.05, 4.69) is 4.57 Å². The van der Waals surface area contributed by atoms with Gasteiger partial charge in [0.15, 0.2) is 0 Å². The van der Waals surface area contributed by atoms with Gasteiger partial charge in [-0.25, -0.2) is 9.37 Å². The Hall–Kier alpha value is -3.40. The van der Waals surface area contributed by atoms with E-state index in [1.807, 2.05) is 60.7 Å². The molecule has 4 rings (SSSR count). The van der Waals surface area contributed by atoms with Crippen LogP contribution in [0.5, 0.6) is 5.75 Å². The molecule has 1 aromatic heterocycles. The zero-order valence-electron chi connectivity index (χ0n) is 15.0. The lowest BCUT2D eigenvalue weighted by molar-refractivity contribution is 0.414. The molecule has 0 aliphatic rings. The van der Waals surface area contributed by atoms with E-state index >= 15 is 0 Å². The van der Waals surface area contributed by atoms with Gasteiger partial charge in [0.05, 0.1) is 18.1 Å². The first-order valence-electron chi connectivity index (χ1n) is 8.75. The van der Waals surface area contributed by atoms with Crippen molar-refractivity contribution in [2.75, 3.05) is 7.11 Å². The van der Waals surface area contributed by atoms with Crippen LogP contribution >= 0.6 is 0 Å². The highest BCUT2D eigenvalue weighted by Gasteiger charge is 2.09. The summed E-state index contributed by atoms with van der Waals surface area (Å²) in [5.74, 6) is 1.42. The van der Waals surface area contributed by atoms with Crippen molar-refractivity contribution >= 4 is 23.2 Å². The van der Waals surface area contributed by atoms with E-state index in [0.29, 0.717) is 6.54 Å². The van der Waals surface area contributed by atoms with Crippen molar-refractivity contribution in [2.45, 2.75) is 6.54 Å². The summed E-state index contributed by atoms with van der Waals surface area (Å²) >= 11 is 0. The molecule has 27 heavy (non-hydrogen) atoms. The van der Waals surface area contributed by atoms with E-state index in [1.165, 1.54) is 12.1 Å². The Morgan fingerprint density at radius 2 is 1.67 bits per heavy atom. The van der Waals surface area contributed by atoms with Gasteiger partial charge >= 0.3 is 0 Å². The Kier molecular flexibility index (Phi) is 4.71. The number of fused-ring (bicyclic) bond motifs is 1. The van der Waals surface area contributed by atoms with Crippen LogP contribution in [0, 0.1) is 5.82 Å². The Labute approximate surface area is 157 Å². The summed E-state index contributed by atoms with van der Waals surface area (Å²) in [6.45, 7) is 0.617. The Morgan fingerprint density at radius 3 is 2.48 bits per heavy atom. The van der Waals surface area contributed by atoms with Crippen molar-refractivity contribution in [3.8, 4) is 5.75 Å². The summed E-state index contributed by atoms with van der Waals surface area (Å²) in [4.78, 5) is 4.76. The predicted molar refractivity (Wildman–Crippen MR) is 107 cm³/mol. The molecule has 0 aliphatic carbocycles. The van der Waals surface area contributed by atoms with Crippen LogP contribution in [0.4, 0.5) is 4.39 Å². The summed E-state index contributed by atoms with van der Waals surface area (Å²) in [7, 11) is 1.66. The fraction of sp³-hybridized carbons (Fsp3) is 0.0870. The van der Waals surface area contributed by atoms with Crippen LogP contribution in [0.25, 0.3) is 23.2 Å². The molecule has 0 atom stereocenters. The minimum Gasteiger partial charge on any atom is -0.496 e. The van der Waals surface area contributed by atoms with Gasteiger partial charge in [0.2, 0.25) is 0 Å². The first-order valence-corrected chi connectivity index (χ1v) is 8.75. The number of imidazole rings is 1. The van der Waals surface area contributed by atoms with Crippen LogP contribution < -0.4 is 4.74 Å². The number of aromatic nitrogens is 2. The molecule has 0 amide bonds. The molecular weight excluding hydrogens is 339 g/mol. The van der Waals surface area contributed by atoms with Gasteiger partial charge < -0.3 is 9.30 Å². The van der Waals surface area contributed by atoms with Crippen molar-refractivity contribution in [2.24, 2.45) is 0 Å². The predicted octanol–water partition coefficient (Wildman–Crippen LogP) is 5.40. The summed E-state index contributed by atoms with van der Waals surface area (Å²) < 4.78 is 20.8. The molecule has 0 radical (unpaired) electrons. The highest BCUT2D eigenvalue weighted by molar-refractivity contribution is 5.80. The number of nitrogens with zero attached hydrogens (tertiary/aromatic N) is 2. The molecule has 0 saturated carbocycles. The second kappa shape index (κ2) is 7.46. The fourth-order valence-electron chi connectivity index (χ4n) is 3.13. The highest BCUT2D eigenvalue weighted by Crippen LogP contribution is 2.23. The van der Waals surface area contributed by atoms with Gasteiger partial charge in [0.1, 0.15) is 17.4 Å². The maximum atomic E-state index is 13.2. The Morgan fingerprint density at radius 1 is 0.926 bits per heavy atom. The molecule has 1 heterocycles. The quantitative estimate of drug-likeness (QED) is 0.477. The average molecular weight is 358 g/mol. The van der Waals surface area contributed by atoms with E-state index in [9.17, 15) is 4.39 Å². The number of methoxy groups -OCH3 is 1. The minimum atomic E-state index is -0.231. The lowest BCUT2D eigenvalue weighted by atomic mass is 10.2. The summed E-state index contributed by atoms with van der Waals surface area (Å²) in [6.07, 6.45) is 3.99. The maximum absolute atomic E-state index is 13.2. The van der Waals surface area contributed by atoms with Gasteiger partial charge in [-0.2, -0.15) is 0 Å². The second-order valence-corrected chi connectivity index (χ2v) is 6.25. The lowest BCUT2D eigenvalue weighted by Crippen LogP contribution is -2.02. The van der Waals surface area contributed by atoms with Crippen LogP contribution in [0.3, 0.4) is 0 Å². The zero-order chi connectivity index (χ0) is 18.6. The van der Waals surface area contributed by atoms with Crippen LogP contribution in [-0.4, -0.2) is 16.7 Å². The van der Waals surface area contributed by atoms with Gasteiger partial charge in [-0.15, -0.1) is 0 Å². The van der Waals surface area contributed by atoms with Crippen LogP contribution in [0.15, 0.2) is 72.8 Å². The molecular formula is C23H19FN2O. The van der Waals surface area contributed by atoms with Crippen LogP contribution in [-0.2, 0) is 6.54 Å². The number of hydrogen-bond donors (Lipinski definition) is 0. The number of ether oxygens (including phenoxy) is 1. The van der Waals surface area contributed by atoms with Gasteiger partial charge in [0.25, 0.3) is 0 Å². The van der Waals surface area contributed by atoms with E-state index in [4.69, 9.17) is 9.72 Å². The Bertz CT molecular complexity index is 1100. The van der Waals surface area contributed by atoms with Gasteiger partial charge in [-0.05, 0) is 48.0 Å². The van der Waals surface area contributed by atoms with Crippen molar-refractivity contribution in [1.82, 2.24) is 9.55 Å². The molecule has 0 bridgehead atoms. The number of para-hydroxylation sites is 3. The topological polar surface area (TPSA) is 27.1 Å². The SMILES string of the molecule is COc1ccccc1C=Cc1nc2ccccc2n1Cc1ccc(F)cc1. The van der Waals surface area contributed by atoms with Crippen LogP contribution in [0.1, 0.15) is 17.0 Å². The van der Waals surface area contributed by atoms with E-state index in [-0.39, 0.29) is 5.82 Å². The normalized spacial score (nSPS) is 11.3. The molecule has 4 aromatic rings. The molecule has 0 saturated heterocycles. The van der Waals surface area contributed by atoms with Gasteiger partial charge in [-0.3, -0.25) is 0 Å². The van der Waals surface area contributed by atoms with Crippen molar-refractivity contribution < 1.29 is 9.13 Å². The first kappa shape index (κ1) is 17.0. The molecule has 0 unspecified atom stereocenters. The molecule has 3 aromatic carbocycles. The minimum absolute atomic E-state index is 0.231. The van der Waals surface area contributed by atoms with E-state index in [0.717, 1.165) is 33.7 Å². The van der Waals surface area contributed by atoms with Crippen molar-refractivity contribution in [3.63, 3.8) is 0 Å². The molecule has 0 spiro atoms. The zero-order valence-corrected chi connectivity index (χ0v) is 15.0. The molecule has 134 valence electrons. The van der Waals surface area contributed by atoms with Crippen molar-refractivity contribution in [1.29, 1.82) is 0 Å². The molecule has 0 aliphatic heterocycles. The summed E-state index contributed by atoms with van der Waals surface area (Å²) in [5.41, 5.74) is 3.98. The standard InChI is InChI=1S/C23H19FN2O/c1-27-22-9-5-2-6-18(22)12-15-23-25-20-7-3-4-8-21(20)26(23)16-17-10-13-19(24)14-11-17/h2-15H,16H2,1H3. The number of benzene rings is 3. The Balaban J connectivity index is 1.75. The highest BCUT2D eigenvalue weighted by atomic mass is 19.1. The smallest absolute Gasteiger partial charge is 0.134 e. The summed E-state index contributed by atoms with van der Waals surface area (Å²) in [6, 6.07) is 22.5. The maximum Gasteiger partial charge on any atom is 0.134 e.